The molecule has 1 rings (SSSR count). The van der Waals surface area contributed by atoms with E-state index in [1.165, 1.54) is 19.1 Å². The van der Waals surface area contributed by atoms with Gasteiger partial charge in [0.1, 0.15) is 0 Å². The fourth-order valence-corrected chi connectivity index (χ4v) is 2.22. The van der Waals surface area contributed by atoms with Crippen molar-refractivity contribution in [2.24, 2.45) is 5.73 Å². The smallest absolute Gasteiger partial charge is 0.329 e. The summed E-state index contributed by atoms with van der Waals surface area (Å²) in [7, 11) is -3.61. The molecule has 0 radical (unpaired) electrons. The van der Waals surface area contributed by atoms with Gasteiger partial charge in [-0.05, 0) is 18.6 Å². The Bertz CT molecular complexity index is 529. The van der Waals surface area contributed by atoms with Gasteiger partial charge in [0.25, 0.3) is 0 Å². The Kier molecular flexibility index (Phi) is 4.94. The molecular formula is C11H15F3N2O2S. The van der Waals surface area contributed by atoms with Gasteiger partial charge < -0.3 is 5.73 Å². The summed E-state index contributed by atoms with van der Waals surface area (Å²) in [6, 6.07) is 4.50. The summed E-state index contributed by atoms with van der Waals surface area (Å²) in [4.78, 5) is 0. The number of hydrogen-bond donors (Lipinski definition) is 2. The summed E-state index contributed by atoms with van der Waals surface area (Å²) in [5.41, 5.74) is 4.67. The molecule has 0 amide bonds. The van der Waals surface area contributed by atoms with Gasteiger partial charge in [-0.3, -0.25) is 0 Å². The molecule has 0 aliphatic heterocycles. The summed E-state index contributed by atoms with van der Waals surface area (Å²) < 4.78 is 62.8. The molecule has 0 aliphatic rings. The standard InChI is InChI=1S/C11H15F3N2O2S/c1-8(6-15)19(17,18)16-7-9-3-2-4-10(5-9)11(12,13)14/h2-5,8,16H,6-7,15H2,1H3. The van der Waals surface area contributed by atoms with E-state index in [2.05, 4.69) is 4.72 Å². The molecule has 108 valence electrons. The topological polar surface area (TPSA) is 72.2 Å². The number of nitrogens with one attached hydrogen (secondary N) is 1. The van der Waals surface area contributed by atoms with Crippen molar-refractivity contribution >= 4 is 10.0 Å². The molecule has 8 heteroatoms. The predicted octanol–water partition coefficient (Wildman–Crippen LogP) is 1.47. The van der Waals surface area contributed by atoms with Crippen molar-refractivity contribution in [2.45, 2.75) is 24.9 Å². The molecule has 0 bridgehead atoms. The lowest BCUT2D eigenvalue weighted by Gasteiger charge is -2.13. The van der Waals surface area contributed by atoms with Crippen molar-refractivity contribution in [3.63, 3.8) is 0 Å². The molecule has 0 heterocycles. The van der Waals surface area contributed by atoms with Crippen LogP contribution in [0.25, 0.3) is 0 Å². The van der Waals surface area contributed by atoms with E-state index in [1.807, 2.05) is 0 Å². The Morgan fingerprint density at radius 3 is 2.53 bits per heavy atom. The van der Waals surface area contributed by atoms with Gasteiger partial charge in [-0.1, -0.05) is 18.2 Å². The zero-order chi connectivity index (χ0) is 14.7. The first kappa shape index (κ1) is 15.9. The molecule has 1 atom stereocenters. The summed E-state index contributed by atoms with van der Waals surface area (Å²) >= 11 is 0. The van der Waals surface area contributed by atoms with E-state index in [1.54, 1.807) is 0 Å². The minimum absolute atomic E-state index is 0.0576. The highest BCUT2D eigenvalue weighted by molar-refractivity contribution is 7.90. The number of rotatable bonds is 5. The lowest BCUT2D eigenvalue weighted by atomic mass is 10.1. The maximum Gasteiger partial charge on any atom is 0.416 e. The lowest BCUT2D eigenvalue weighted by Crippen LogP contribution is -2.36. The average molecular weight is 296 g/mol. The van der Waals surface area contributed by atoms with Crippen LogP contribution < -0.4 is 10.5 Å². The molecule has 0 saturated carbocycles. The lowest BCUT2D eigenvalue weighted by molar-refractivity contribution is -0.137. The number of nitrogens with two attached hydrogens (primary N) is 1. The fourth-order valence-electron chi connectivity index (χ4n) is 1.31. The molecule has 0 aromatic heterocycles. The van der Waals surface area contributed by atoms with Gasteiger partial charge in [-0.15, -0.1) is 0 Å². The van der Waals surface area contributed by atoms with E-state index in [0.29, 0.717) is 0 Å². The zero-order valence-electron chi connectivity index (χ0n) is 10.2. The maximum absolute atomic E-state index is 12.5. The Morgan fingerprint density at radius 2 is 2.00 bits per heavy atom. The molecule has 0 saturated heterocycles. The number of benzene rings is 1. The van der Waals surface area contributed by atoms with Crippen LogP contribution in [0, 0.1) is 0 Å². The second kappa shape index (κ2) is 5.89. The second-order valence-corrected chi connectivity index (χ2v) is 6.29. The highest BCUT2D eigenvalue weighted by atomic mass is 32.2. The van der Waals surface area contributed by atoms with Crippen molar-refractivity contribution in [3.05, 3.63) is 35.4 Å². The van der Waals surface area contributed by atoms with Crippen LogP contribution in [-0.2, 0) is 22.7 Å². The van der Waals surface area contributed by atoms with Gasteiger partial charge in [0.15, 0.2) is 0 Å². The largest absolute Gasteiger partial charge is 0.416 e. The van der Waals surface area contributed by atoms with Crippen LogP contribution in [0.3, 0.4) is 0 Å². The van der Waals surface area contributed by atoms with E-state index in [4.69, 9.17) is 5.73 Å². The average Bonchev–Trinajstić information content (AvgIpc) is 2.35. The normalized spacial score (nSPS) is 14.4. The first-order valence-electron chi connectivity index (χ1n) is 5.51. The van der Waals surface area contributed by atoms with Gasteiger partial charge in [-0.2, -0.15) is 13.2 Å². The van der Waals surface area contributed by atoms with Crippen molar-refractivity contribution < 1.29 is 21.6 Å². The third-order valence-corrected chi connectivity index (χ3v) is 4.39. The molecule has 0 aliphatic carbocycles. The molecule has 1 aromatic rings. The maximum atomic E-state index is 12.5. The van der Waals surface area contributed by atoms with Crippen LogP contribution in [-0.4, -0.2) is 20.2 Å². The van der Waals surface area contributed by atoms with Crippen LogP contribution in [0.5, 0.6) is 0 Å². The van der Waals surface area contributed by atoms with Gasteiger partial charge in [0.2, 0.25) is 10.0 Å². The van der Waals surface area contributed by atoms with E-state index in [9.17, 15) is 21.6 Å². The Hall–Kier alpha value is -1.12. The molecule has 0 spiro atoms. The number of alkyl halides is 3. The minimum atomic E-state index is -4.45. The highest BCUT2D eigenvalue weighted by Gasteiger charge is 2.30. The summed E-state index contributed by atoms with van der Waals surface area (Å²) in [6.45, 7) is 1.17. The molecular weight excluding hydrogens is 281 g/mol. The number of halogens is 3. The summed E-state index contributed by atoms with van der Waals surface area (Å²) in [6.07, 6.45) is -4.45. The van der Waals surface area contributed by atoms with Crippen molar-refractivity contribution in [1.29, 1.82) is 0 Å². The Balaban J connectivity index is 2.80. The van der Waals surface area contributed by atoms with Crippen molar-refractivity contribution in [3.8, 4) is 0 Å². The van der Waals surface area contributed by atoms with E-state index >= 15 is 0 Å². The molecule has 19 heavy (non-hydrogen) atoms. The quantitative estimate of drug-likeness (QED) is 0.864. The van der Waals surface area contributed by atoms with Gasteiger partial charge in [0, 0.05) is 13.1 Å². The van der Waals surface area contributed by atoms with Crippen molar-refractivity contribution in [1.82, 2.24) is 4.72 Å². The SMILES string of the molecule is CC(CN)S(=O)(=O)NCc1cccc(C(F)(F)F)c1. The Labute approximate surface area is 109 Å². The van der Waals surface area contributed by atoms with E-state index in [-0.39, 0.29) is 18.7 Å². The van der Waals surface area contributed by atoms with E-state index < -0.39 is 27.0 Å². The van der Waals surface area contributed by atoms with Gasteiger partial charge in [0.05, 0.1) is 10.8 Å². The number of sulfonamides is 1. The second-order valence-electron chi connectivity index (χ2n) is 4.11. The third kappa shape index (κ3) is 4.48. The molecule has 4 nitrogen and oxygen atoms in total. The monoisotopic (exact) mass is 296 g/mol. The first-order valence-corrected chi connectivity index (χ1v) is 7.06. The summed E-state index contributed by atoms with van der Waals surface area (Å²) in [5, 5.41) is -0.793. The van der Waals surface area contributed by atoms with Gasteiger partial charge in [-0.25, -0.2) is 13.1 Å². The minimum Gasteiger partial charge on any atom is -0.329 e. The third-order valence-electron chi connectivity index (χ3n) is 2.59. The first-order chi connectivity index (χ1) is 8.66. The van der Waals surface area contributed by atoms with Crippen LogP contribution in [0.1, 0.15) is 18.1 Å². The van der Waals surface area contributed by atoms with Crippen LogP contribution in [0.4, 0.5) is 13.2 Å². The predicted molar refractivity (Wildman–Crippen MR) is 65.7 cm³/mol. The fraction of sp³-hybridized carbons (Fsp3) is 0.455. The van der Waals surface area contributed by atoms with E-state index in [0.717, 1.165) is 12.1 Å². The van der Waals surface area contributed by atoms with Crippen molar-refractivity contribution in [2.75, 3.05) is 6.54 Å². The molecule has 1 aromatic carbocycles. The Morgan fingerprint density at radius 1 is 1.37 bits per heavy atom. The zero-order valence-corrected chi connectivity index (χ0v) is 11.1. The molecule has 1 unspecified atom stereocenters. The molecule has 0 fully saturated rings. The van der Waals surface area contributed by atoms with Crippen LogP contribution >= 0.6 is 0 Å². The number of hydrogen-bond acceptors (Lipinski definition) is 3. The van der Waals surface area contributed by atoms with Gasteiger partial charge >= 0.3 is 6.18 Å². The highest BCUT2D eigenvalue weighted by Crippen LogP contribution is 2.29. The molecule has 3 N–H and O–H groups in total. The van der Waals surface area contributed by atoms with Crippen LogP contribution in [0.2, 0.25) is 0 Å². The van der Waals surface area contributed by atoms with Crippen LogP contribution in [0.15, 0.2) is 24.3 Å². The summed E-state index contributed by atoms with van der Waals surface area (Å²) in [5.74, 6) is 0.